The number of nitrogens with one attached hydrogen (secondary N) is 1. The van der Waals surface area contributed by atoms with E-state index >= 15 is 0 Å². The van der Waals surface area contributed by atoms with Gasteiger partial charge in [0, 0.05) is 56.8 Å². The van der Waals surface area contributed by atoms with E-state index in [-0.39, 0.29) is 5.41 Å². The highest BCUT2D eigenvalue weighted by Crippen LogP contribution is 2.71. The van der Waals surface area contributed by atoms with Crippen LogP contribution in [0.1, 0.15) is 125 Å². The Bertz CT molecular complexity index is 1980. The van der Waals surface area contributed by atoms with Crippen LogP contribution >= 0.6 is 0 Å². The predicted molar refractivity (Wildman–Crippen MR) is 181 cm³/mol. The summed E-state index contributed by atoms with van der Waals surface area (Å²) in [5.74, 6) is 1.84. The summed E-state index contributed by atoms with van der Waals surface area (Å²) in [5, 5.41) is 4.38. The number of nitrogens with zero attached hydrogens (tertiary/aromatic N) is 2. The van der Waals surface area contributed by atoms with Crippen molar-refractivity contribution in [3.63, 3.8) is 0 Å². The summed E-state index contributed by atoms with van der Waals surface area (Å²) in [7, 11) is 2.33. The number of aromatic amines is 1. The van der Waals surface area contributed by atoms with Crippen LogP contribution < -0.4 is 0 Å². The molecule has 4 aromatic rings. The van der Waals surface area contributed by atoms with Crippen LogP contribution in [0.2, 0.25) is 0 Å². The summed E-state index contributed by atoms with van der Waals surface area (Å²) in [5.41, 5.74) is 18.2. The number of allylic oxidation sites excluding steroid dienone is 1. The molecule has 0 radical (unpaired) electrons. The summed E-state index contributed by atoms with van der Waals surface area (Å²) in [6.07, 6.45) is 0. The molecule has 228 valence electrons. The molecular weight excluding hydrogens is 526 g/mol. The smallest absolute Gasteiger partial charge is 0.157 e. The summed E-state index contributed by atoms with van der Waals surface area (Å²) >= 11 is 0. The quantitative estimate of drug-likeness (QED) is 0.226. The molecule has 1 fully saturated rings. The maximum Gasteiger partial charge on any atom is 0.157 e. The number of ether oxygens (including phenoxy) is 1. The monoisotopic (exact) mass is 577 g/mol. The molecule has 3 aliphatic heterocycles. The van der Waals surface area contributed by atoms with Crippen LogP contribution in [0.25, 0.3) is 38.3 Å². The van der Waals surface area contributed by atoms with Crippen molar-refractivity contribution in [1.82, 2.24) is 14.5 Å². The Labute approximate surface area is 257 Å². The van der Waals surface area contributed by atoms with Gasteiger partial charge in [-0.2, -0.15) is 0 Å². The molecule has 1 aliphatic carbocycles. The zero-order valence-corrected chi connectivity index (χ0v) is 29.0. The Hall–Kier alpha value is -2.56. The predicted octanol–water partition coefficient (Wildman–Crippen LogP) is 10.1. The molecule has 2 aromatic heterocycles. The van der Waals surface area contributed by atoms with Gasteiger partial charge in [0.15, 0.2) is 5.72 Å². The lowest BCUT2D eigenvalue weighted by Gasteiger charge is -2.56. The number of benzene rings is 2. The Morgan fingerprint density at radius 3 is 2.02 bits per heavy atom. The number of rotatable bonds is 0. The van der Waals surface area contributed by atoms with E-state index in [0.717, 1.165) is 6.61 Å². The van der Waals surface area contributed by atoms with Gasteiger partial charge < -0.3 is 14.3 Å². The minimum Gasteiger partial charge on any atom is -0.354 e. The molecule has 2 aromatic carbocycles. The highest BCUT2D eigenvalue weighted by Gasteiger charge is 2.69. The highest BCUT2D eigenvalue weighted by molar-refractivity contribution is 6.23. The van der Waals surface area contributed by atoms with Gasteiger partial charge in [-0.3, -0.25) is 4.90 Å². The van der Waals surface area contributed by atoms with Crippen molar-refractivity contribution in [1.29, 1.82) is 0 Å². The van der Waals surface area contributed by atoms with Crippen LogP contribution in [0.4, 0.5) is 0 Å². The number of hydrogen-bond donors (Lipinski definition) is 1. The minimum atomic E-state index is -0.431. The summed E-state index contributed by atoms with van der Waals surface area (Å²) in [6, 6.07) is 0.681. The second-order valence-electron chi connectivity index (χ2n) is 15.6. The van der Waals surface area contributed by atoms with Crippen molar-refractivity contribution < 1.29 is 4.74 Å². The number of aromatic nitrogens is 2. The van der Waals surface area contributed by atoms with E-state index in [9.17, 15) is 0 Å². The molecule has 1 saturated heterocycles. The largest absolute Gasteiger partial charge is 0.354 e. The summed E-state index contributed by atoms with van der Waals surface area (Å²) in [6.45, 7) is 32.2. The molecule has 8 rings (SSSR count). The van der Waals surface area contributed by atoms with Crippen LogP contribution in [0.5, 0.6) is 0 Å². The van der Waals surface area contributed by atoms with Crippen molar-refractivity contribution in [2.24, 2.45) is 23.2 Å². The fraction of sp³-hybridized carbons (Fsp3) is 0.590. The molecular formula is C39H51N3O. The molecule has 8 atom stereocenters. The maximum atomic E-state index is 7.44. The van der Waals surface area contributed by atoms with Crippen LogP contribution in [0, 0.1) is 50.9 Å². The number of aryl methyl sites for hydroxylation is 2. The first-order chi connectivity index (χ1) is 20.2. The fourth-order valence-electron chi connectivity index (χ4n) is 10.9. The van der Waals surface area contributed by atoms with Crippen molar-refractivity contribution >= 4 is 38.3 Å². The third kappa shape index (κ3) is 2.65. The van der Waals surface area contributed by atoms with Gasteiger partial charge in [-0.15, -0.1) is 0 Å². The zero-order chi connectivity index (χ0) is 31.0. The Morgan fingerprint density at radius 2 is 1.37 bits per heavy atom. The molecule has 4 aliphatic rings. The number of fused-ring (bicyclic) bond motifs is 13. The number of H-pyrrole nitrogens is 1. The lowest BCUT2D eigenvalue weighted by molar-refractivity contribution is -0.247. The lowest BCUT2D eigenvalue weighted by atomic mass is 9.56. The topological polar surface area (TPSA) is 33.2 Å². The SMILES string of the molecule is CC1=C(C)C2(C)C(C)c3c1c1c4c(c5c([nH]c6c(C)c(C)c(C)c(C)c65)c1n3C21OCC(C)C(C)C1C)C(C)N(C)C4C. The normalized spacial score (nSPS) is 35.5. The molecule has 0 saturated carbocycles. The molecule has 5 heterocycles. The number of hydrogen-bond acceptors (Lipinski definition) is 2. The minimum absolute atomic E-state index is 0.104. The van der Waals surface area contributed by atoms with E-state index in [1.807, 2.05) is 0 Å². The van der Waals surface area contributed by atoms with Gasteiger partial charge in [-0.05, 0) is 113 Å². The molecule has 1 spiro atoms. The second-order valence-corrected chi connectivity index (χ2v) is 15.6. The second kappa shape index (κ2) is 8.17. The van der Waals surface area contributed by atoms with E-state index in [4.69, 9.17) is 4.74 Å². The first-order valence-electron chi connectivity index (χ1n) is 16.9. The standard InChI is InChI=1S/C39H51N3O/c1-16-15-43-39(24(9)17(16)2)38(13)23(8)22(7)29-33-31-27(12)41(14)26(11)30(31)32-28-20(5)18(3)19(4)21(6)34(28)40-35(32)37(33)42(39)36(29)25(38)10/h16-17,24-27,40H,15H2,1-14H3. The van der Waals surface area contributed by atoms with E-state index in [2.05, 4.69) is 112 Å². The first kappa shape index (κ1) is 28.0. The summed E-state index contributed by atoms with van der Waals surface area (Å²) < 4.78 is 10.2. The van der Waals surface area contributed by atoms with Gasteiger partial charge in [-0.1, -0.05) is 40.2 Å². The van der Waals surface area contributed by atoms with Crippen LogP contribution in [-0.4, -0.2) is 28.1 Å². The van der Waals surface area contributed by atoms with Gasteiger partial charge in [0.1, 0.15) is 0 Å². The molecule has 0 amide bonds. The molecule has 2 bridgehead atoms. The van der Waals surface area contributed by atoms with Gasteiger partial charge >= 0.3 is 0 Å². The van der Waals surface area contributed by atoms with E-state index < -0.39 is 5.72 Å². The average Bonchev–Trinajstić information content (AvgIpc) is 3.65. The van der Waals surface area contributed by atoms with Crippen molar-refractivity contribution in [3.05, 3.63) is 50.2 Å². The van der Waals surface area contributed by atoms with Crippen LogP contribution in [0.15, 0.2) is 5.57 Å². The zero-order valence-electron chi connectivity index (χ0n) is 29.0. The van der Waals surface area contributed by atoms with Gasteiger partial charge in [0.25, 0.3) is 0 Å². The Balaban J connectivity index is 1.70. The van der Waals surface area contributed by atoms with E-state index in [1.54, 1.807) is 5.56 Å². The van der Waals surface area contributed by atoms with Crippen LogP contribution in [0.3, 0.4) is 0 Å². The Kier molecular flexibility index (Phi) is 5.31. The molecule has 4 heteroatoms. The molecule has 4 nitrogen and oxygen atoms in total. The highest BCUT2D eigenvalue weighted by atomic mass is 16.5. The van der Waals surface area contributed by atoms with E-state index in [1.165, 1.54) is 82.9 Å². The van der Waals surface area contributed by atoms with E-state index in [0.29, 0.717) is 35.8 Å². The molecule has 1 N–H and O–H groups in total. The third-order valence-corrected chi connectivity index (χ3v) is 14.7. The van der Waals surface area contributed by atoms with Crippen LogP contribution in [-0.2, 0) is 10.5 Å². The molecule has 43 heavy (non-hydrogen) atoms. The lowest BCUT2D eigenvalue weighted by Crippen LogP contribution is -2.58. The first-order valence-corrected chi connectivity index (χ1v) is 16.9. The fourth-order valence-corrected chi connectivity index (χ4v) is 10.9. The van der Waals surface area contributed by atoms with Crippen molar-refractivity contribution in [2.45, 2.75) is 114 Å². The Morgan fingerprint density at radius 1 is 0.767 bits per heavy atom. The maximum absolute atomic E-state index is 7.44. The molecule has 8 unspecified atom stereocenters. The van der Waals surface area contributed by atoms with Gasteiger partial charge in [0.05, 0.1) is 23.2 Å². The summed E-state index contributed by atoms with van der Waals surface area (Å²) in [4.78, 5) is 6.76. The average molecular weight is 578 g/mol. The van der Waals surface area contributed by atoms with Gasteiger partial charge in [0.2, 0.25) is 0 Å². The third-order valence-electron chi connectivity index (χ3n) is 14.7. The van der Waals surface area contributed by atoms with Gasteiger partial charge in [-0.25, -0.2) is 0 Å². The van der Waals surface area contributed by atoms with Crippen molar-refractivity contribution in [3.8, 4) is 0 Å². The van der Waals surface area contributed by atoms with Crippen molar-refractivity contribution in [2.75, 3.05) is 13.7 Å².